The summed E-state index contributed by atoms with van der Waals surface area (Å²) in [5, 5.41) is 7.06. The number of ether oxygens (including phenoxy) is 2. The Morgan fingerprint density at radius 2 is 1.71 bits per heavy atom. The third-order valence-electron chi connectivity index (χ3n) is 4.32. The van der Waals surface area contributed by atoms with Crippen molar-refractivity contribution in [3.63, 3.8) is 0 Å². The van der Waals surface area contributed by atoms with E-state index < -0.39 is 18.5 Å². The zero-order valence-electron chi connectivity index (χ0n) is 17.3. The topological polar surface area (TPSA) is 99.5 Å². The van der Waals surface area contributed by atoms with E-state index in [0.29, 0.717) is 23.6 Å². The lowest BCUT2D eigenvalue weighted by molar-refractivity contribution is -0.149. The number of nitrogens with one attached hydrogen (secondary N) is 1. The molecule has 2 aromatic carbocycles. The van der Waals surface area contributed by atoms with Gasteiger partial charge >= 0.3 is 5.97 Å². The molecule has 31 heavy (non-hydrogen) atoms. The Hall–Kier alpha value is -3.94. The number of nitrogens with zero attached hydrogens (tertiary/aromatic N) is 2. The molecule has 0 aliphatic rings. The van der Waals surface area contributed by atoms with Crippen LogP contribution in [0.4, 0.5) is 5.82 Å². The Morgan fingerprint density at radius 3 is 2.39 bits per heavy atom. The number of para-hydroxylation sites is 1. The number of benzene rings is 2. The van der Waals surface area contributed by atoms with Gasteiger partial charge in [-0.3, -0.25) is 9.59 Å². The second-order valence-electron chi connectivity index (χ2n) is 6.72. The summed E-state index contributed by atoms with van der Waals surface area (Å²) in [5.74, 6) is -0.246. The van der Waals surface area contributed by atoms with E-state index in [9.17, 15) is 14.4 Å². The second kappa shape index (κ2) is 10.2. The molecule has 8 nitrogen and oxygen atoms in total. The van der Waals surface area contributed by atoms with Crippen molar-refractivity contribution in [3.8, 4) is 11.4 Å². The maximum absolute atomic E-state index is 12.2. The zero-order valence-corrected chi connectivity index (χ0v) is 17.3. The highest BCUT2D eigenvalue weighted by Crippen LogP contribution is 2.17. The molecule has 0 spiro atoms. The van der Waals surface area contributed by atoms with E-state index >= 15 is 0 Å². The number of hydrogen-bond acceptors (Lipinski definition) is 6. The smallest absolute Gasteiger partial charge is 0.344 e. The summed E-state index contributed by atoms with van der Waals surface area (Å²) in [7, 11) is 0. The van der Waals surface area contributed by atoms with Gasteiger partial charge < -0.3 is 14.8 Å². The second-order valence-corrected chi connectivity index (χ2v) is 6.72. The first kappa shape index (κ1) is 21.8. The minimum Gasteiger partial charge on any atom is -0.482 e. The van der Waals surface area contributed by atoms with Crippen LogP contribution in [0.1, 0.15) is 29.4 Å². The minimum atomic E-state index is -0.684. The monoisotopic (exact) mass is 421 g/mol. The minimum absolute atomic E-state index is 0.0285. The number of amides is 1. The van der Waals surface area contributed by atoms with Gasteiger partial charge in [-0.15, -0.1) is 0 Å². The van der Waals surface area contributed by atoms with Crippen molar-refractivity contribution < 1.29 is 23.9 Å². The highest BCUT2D eigenvalue weighted by molar-refractivity contribution is 5.96. The molecule has 8 heteroatoms. The number of ketones is 1. The molecule has 3 aromatic rings. The molecule has 0 bridgehead atoms. The van der Waals surface area contributed by atoms with E-state index in [-0.39, 0.29) is 12.4 Å². The Bertz CT molecular complexity index is 1060. The number of carbonyl (C=O) groups is 3. The van der Waals surface area contributed by atoms with Crippen LogP contribution >= 0.6 is 0 Å². The molecule has 1 aromatic heterocycles. The number of esters is 1. The molecule has 0 unspecified atom stereocenters. The Balaban J connectivity index is 1.48. The van der Waals surface area contributed by atoms with Crippen molar-refractivity contribution in [1.82, 2.24) is 9.78 Å². The molecular formula is C23H23N3O5. The summed E-state index contributed by atoms with van der Waals surface area (Å²) >= 11 is 0. The molecule has 0 fully saturated rings. The third-order valence-corrected chi connectivity index (χ3v) is 4.32. The van der Waals surface area contributed by atoms with E-state index in [1.54, 1.807) is 41.9 Å². The molecule has 1 N–H and O–H groups in total. The summed E-state index contributed by atoms with van der Waals surface area (Å²) in [5.41, 5.74) is 2.11. The number of rotatable bonds is 9. The normalized spacial score (nSPS) is 10.4. The summed E-state index contributed by atoms with van der Waals surface area (Å²) in [6, 6.07) is 17.6. The molecule has 3 rings (SSSR count). The lowest BCUT2D eigenvalue weighted by atomic mass is 10.1. The molecule has 0 saturated heterocycles. The van der Waals surface area contributed by atoms with Gasteiger partial charge in [-0.1, -0.05) is 25.1 Å². The van der Waals surface area contributed by atoms with Crippen molar-refractivity contribution in [2.45, 2.75) is 20.3 Å². The van der Waals surface area contributed by atoms with Gasteiger partial charge in [0.2, 0.25) is 0 Å². The third kappa shape index (κ3) is 6.02. The first-order chi connectivity index (χ1) is 15.0. The lowest BCUT2D eigenvalue weighted by Crippen LogP contribution is -2.24. The predicted molar refractivity (Wildman–Crippen MR) is 114 cm³/mol. The maximum Gasteiger partial charge on any atom is 0.344 e. The predicted octanol–water partition coefficient (Wildman–Crippen LogP) is 3.33. The van der Waals surface area contributed by atoms with Crippen molar-refractivity contribution in [1.29, 1.82) is 0 Å². The van der Waals surface area contributed by atoms with Crippen LogP contribution in [-0.4, -0.2) is 40.7 Å². The number of hydrogen-bond donors (Lipinski definition) is 1. The number of aryl methyl sites for hydroxylation is 1. The number of aromatic nitrogens is 2. The van der Waals surface area contributed by atoms with Crippen LogP contribution in [-0.2, 0) is 14.3 Å². The average molecular weight is 421 g/mol. The van der Waals surface area contributed by atoms with Crippen LogP contribution in [0.5, 0.6) is 5.75 Å². The number of anilines is 1. The number of Topliss-reactive ketones (excluding diaryl/α,β-unsaturated/α-hetero) is 1. The van der Waals surface area contributed by atoms with Crippen LogP contribution in [0.25, 0.3) is 5.69 Å². The molecule has 0 atom stereocenters. The van der Waals surface area contributed by atoms with E-state index in [1.165, 1.54) is 0 Å². The summed E-state index contributed by atoms with van der Waals surface area (Å²) in [6.07, 6.45) is 0.417. The molecule has 0 aliphatic carbocycles. The van der Waals surface area contributed by atoms with Gasteiger partial charge in [-0.05, 0) is 43.3 Å². The van der Waals surface area contributed by atoms with Crippen molar-refractivity contribution in [2.24, 2.45) is 0 Å². The van der Waals surface area contributed by atoms with E-state index in [4.69, 9.17) is 9.47 Å². The fourth-order valence-corrected chi connectivity index (χ4v) is 2.80. The van der Waals surface area contributed by atoms with Crippen LogP contribution in [0, 0.1) is 6.92 Å². The van der Waals surface area contributed by atoms with Crippen LogP contribution in [0.15, 0.2) is 60.7 Å². The van der Waals surface area contributed by atoms with Crippen LogP contribution < -0.4 is 10.1 Å². The molecular weight excluding hydrogens is 398 g/mol. The average Bonchev–Trinajstić information content (AvgIpc) is 3.16. The van der Waals surface area contributed by atoms with Gasteiger partial charge in [0.25, 0.3) is 5.91 Å². The molecule has 1 heterocycles. The van der Waals surface area contributed by atoms with E-state index in [0.717, 1.165) is 11.4 Å². The van der Waals surface area contributed by atoms with Gasteiger partial charge in [-0.25, -0.2) is 9.48 Å². The SMILES string of the molecule is CCC(=O)c1ccc(OCC(=O)OCC(=O)Nc2cc(C)nn2-c2ccccc2)cc1. The van der Waals surface area contributed by atoms with E-state index in [1.807, 2.05) is 37.3 Å². The van der Waals surface area contributed by atoms with Gasteiger partial charge in [0.15, 0.2) is 19.0 Å². The standard InChI is InChI=1S/C23H23N3O5/c1-3-20(27)17-9-11-19(12-10-17)30-15-23(29)31-14-22(28)24-21-13-16(2)25-26(21)18-7-5-4-6-8-18/h4-13H,3,14-15H2,1-2H3,(H,24,28). The summed E-state index contributed by atoms with van der Waals surface area (Å²) in [4.78, 5) is 35.7. The largest absolute Gasteiger partial charge is 0.482 e. The fourth-order valence-electron chi connectivity index (χ4n) is 2.80. The Kier molecular flexibility index (Phi) is 7.16. The lowest BCUT2D eigenvalue weighted by Gasteiger charge is -2.10. The summed E-state index contributed by atoms with van der Waals surface area (Å²) < 4.78 is 11.9. The maximum atomic E-state index is 12.2. The zero-order chi connectivity index (χ0) is 22.2. The van der Waals surface area contributed by atoms with Gasteiger partial charge in [0, 0.05) is 18.1 Å². The van der Waals surface area contributed by atoms with Crippen molar-refractivity contribution >= 4 is 23.5 Å². The highest BCUT2D eigenvalue weighted by Gasteiger charge is 2.13. The van der Waals surface area contributed by atoms with Crippen LogP contribution in [0.3, 0.4) is 0 Å². The van der Waals surface area contributed by atoms with Crippen LogP contribution in [0.2, 0.25) is 0 Å². The first-order valence-electron chi connectivity index (χ1n) is 9.80. The first-order valence-corrected chi connectivity index (χ1v) is 9.80. The molecule has 0 radical (unpaired) electrons. The van der Waals surface area contributed by atoms with Crippen molar-refractivity contribution in [3.05, 3.63) is 71.9 Å². The van der Waals surface area contributed by atoms with Gasteiger partial charge in [0.1, 0.15) is 11.6 Å². The molecule has 0 aliphatic heterocycles. The Morgan fingerprint density at radius 1 is 1.00 bits per heavy atom. The van der Waals surface area contributed by atoms with Gasteiger partial charge in [-0.2, -0.15) is 5.10 Å². The molecule has 0 saturated carbocycles. The van der Waals surface area contributed by atoms with Gasteiger partial charge in [0.05, 0.1) is 11.4 Å². The Labute approximate surface area is 179 Å². The summed E-state index contributed by atoms with van der Waals surface area (Å²) in [6.45, 7) is 2.80. The quantitative estimate of drug-likeness (QED) is 0.420. The molecule has 1 amide bonds. The molecule has 160 valence electrons. The van der Waals surface area contributed by atoms with E-state index in [2.05, 4.69) is 10.4 Å². The number of carbonyl (C=O) groups excluding carboxylic acids is 3. The van der Waals surface area contributed by atoms with Crippen molar-refractivity contribution in [2.75, 3.05) is 18.5 Å². The highest BCUT2D eigenvalue weighted by atomic mass is 16.6. The fraction of sp³-hybridized carbons (Fsp3) is 0.217.